The van der Waals surface area contributed by atoms with Gasteiger partial charge in [-0.1, -0.05) is 65.0 Å². The molecule has 2 fully saturated rings. The number of nitrogens with one attached hydrogen (secondary N) is 2. The molecule has 216 valence electrons. The molecule has 2 unspecified atom stereocenters. The lowest BCUT2D eigenvalue weighted by Crippen LogP contribution is -2.69. The van der Waals surface area contributed by atoms with Crippen molar-refractivity contribution < 1.29 is 33.4 Å². The molecule has 0 saturated carbocycles. The first-order valence-electron chi connectivity index (χ1n) is 14.0. The SMILES string of the molecule is CCC(=O)OC1NC(=O)C1(CC)CC.CCC1(CC)C(=O)NC1Oc1ccc(C(=O)OCc2ccccc2)cc1. The maximum Gasteiger partial charge on any atom is 0.338 e. The molecule has 2 atom stereocenters. The van der Waals surface area contributed by atoms with Gasteiger partial charge in [0.15, 0.2) is 12.5 Å². The van der Waals surface area contributed by atoms with Gasteiger partial charge in [-0.3, -0.25) is 14.4 Å². The standard InChI is InChI=1S/C21H23NO4.C10H17NO3/c1-3-21(4-2)19(24)22-20(21)26-17-12-10-16(11-13-17)18(23)25-14-15-8-6-5-7-9-15;1-4-7(12)14-9-10(5-2,6-3)8(13)11-9/h5-13,20H,3-4,14H2,1-2H3,(H,22,24);9H,4-6H2,1-3H3,(H,11,13). The number of hydrogen-bond acceptors (Lipinski definition) is 7. The molecular weight excluding hydrogens is 512 g/mol. The minimum atomic E-state index is -0.481. The number of esters is 2. The summed E-state index contributed by atoms with van der Waals surface area (Å²) in [5.41, 5.74) is 0.457. The van der Waals surface area contributed by atoms with Crippen molar-refractivity contribution in [2.75, 3.05) is 0 Å². The fourth-order valence-corrected chi connectivity index (χ4v) is 4.88. The molecule has 0 spiro atoms. The lowest BCUT2D eigenvalue weighted by Gasteiger charge is -2.47. The van der Waals surface area contributed by atoms with Gasteiger partial charge in [0.05, 0.1) is 5.56 Å². The van der Waals surface area contributed by atoms with Gasteiger partial charge in [-0.25, -0.2) is 4.79 Å². The molecule has 2 saturated heterocycles. The molecular formula is C31H40N2O7. The minimum Gasteiger partial charge on any atom is -0.470 e. The van der Waals surface area contributed by atoms with Crippen LogP contribution in [-0.4, -0.2) is 36.2 Å². The van der Waals surface area contributed by atoms with E-state index in [0.29, 0.717) is 30.6 Å². The number of carbonyl (C=O) groups is 4. The molecule has 2 aliphatic rings. The smallest absolute Gasteiger partial charge is 0.338 e. The molecule has 40 heavy (non-hydrogen) atoms. The number of benzene rings is 2. The Balaban J connectivity index is 0.000000267. The van der Waals surface area contributed by atoms with Crippen LogP contribution in [0, 0.1) is 10.8 Å². The topological polar surface area (TPSA) is 120 Å². The van der Waals surface area contributed by atoms with Gasteiger partial charge < -0.3 is 24.8 Å². The van der Waals surface area contributed by atoms with Crippen LogP contribution in [-0.2, 0) is 30.5 Å². The van der Waals surface area contributed by atoms with Gasteiger partial charge in [0, 0.05) is 6.42 Å². The Morgan fingerprint density at radius 3 is 1.77 bits per heavy atom. The molecule has 2 N–H and O–H groups in total. The highest BCUT2D eigenvalue weighted by atomic mass is 16.6. The predicted octanol–water partition coefficient (Wildman–Crippen LogP) is 4.89. The number of amides is 2. The quantitative estimate of drug-likeness (QED) is 0.301. The molecule has 0 radical (unpaired) electrons. The minimum absolute atomic E-state index is 0.00333. The van der Waals surface area contributed by atoms with E-state index < -0.39 is 17.1 Å². The van der Waals surface area contributed by atoms with Crippen LogP contribution in [0.2, 0.25) is 0 Å². The van der Waals surface area contributed by atoms with E-state index in [9.17, 15) is 19.2 Å². The van der Waals surface area contributed by atoms with Crippen LogP contribution in [0.1, 0.15) is 82.6 Å². The molecule has 9 heteroatoms. The average Bonchev–Trinajstić information content (AvgIpc) is 2.98. The van der Waals surface area contributed by atoms with Gasteiger partial charge in [0.25, 0.3) is 0 Å². The molecule has 2 aliphatic heterocycles. The van der Waals surface area contributed by atoms with Crippen LogP contribution in [0.15, 0.2) is 54.6 Å². The first-order valence-corrected chi connectivity index (χ1v) is 14.0. The van der Waals surface area contributed by atoms with E-state index in [4.69, 9.17) is 14.2 Å². The van der Waals surface area contributed by atoms with Crippen molar-refractivity contribution in [3.63, 3.8) is 0 Å². The third-order valence-corrected chi connectivity index (χ3v) is 8.05. The van der Waals surface area contributed by atoms with Crippen LogP contribution in [0.3, 0.4) is 0 Å². The Bertz CT molecular complexity index is 1170. The summed E-state index contributed by atoms with van der Waals surface area (Å²) in [7, 11) is 0. The third-order valence-electron chi connectivity index (χ3n) is 8.05. The van der Waals surface area contributed by atoms with Crippen molar-refractivity contribution in [3.05, 3.63) is 65.7 Å². The summed E-state index contributed by atoms with van der Waals surface area (Å²) in [6, 6.07) is 16.3. The summed E-state index contributed by atoms with van der Waals surface area (Å²) in [5, 5.41) is 5.43. The highest BCUT2D eigenvalue weighted by Crippen LogP contribution is 2.40. The molecule has 2 amide bonds. The van der Waals surface area contributed by atoms with E-state index in [1.807, 2.05) is 58.0 Å². The van der Waals surface area contributed by atoms with Crippen molar-refractivity contribution in [2.45, 2.75) is 85.8 Å². The highest BCUT2D eigenvalue weighted by molar-refractivity contribution is 5.91. The van der Waals surface area contributed by atoms with Crippen LogP contribution >= 0.6 is 0 Å². The normalized spacial score (nSPS) is 19.8. The molecule has 2 aromatic carbocycles. The summed E-state index contributed by atoms with van der Waals surface area (Å²) in [6.07, 6.45) is 2.45. The zero-order valence-electron chi connectivity index (χ0n) is 24.0. The molecule has 9 nitrogen and oxygen atoms in total. The van der Waals surface area contributed by atoms with Gasteiger partial charge in [-0.15, -0.1) is 0 Å². The van der Waals surface area contributed by atoms with Crippen molar-refractivity contribution in [1.29, 1.82) is 0 Å². The van der Waals surface area contributed by atoms with Gasteiger partial charge in [0.2, 0.25) is 11.8 Å². The zero-order valence-corrected chi connectivity index (χ0v) is 24.0. The Hall–Kier alpha value is -3.88. The Kier molecular flexibility index (Phi) is 10.3. The lowest BCUT2D eigenvalue weighted by molar-refractivity contribution is -0.184. The Labute approximate surface area is 236 Å². The summed E-state index contributed by atoms with van der Waals surface area (Å²) in [5.74, 6) is 0.000913. The fourth-order valence-electron chi connectivity index (χ4n) is 4.88. The maximum atomic E-state index is 12.1. The summed E-state index contributed by atoms with van der Waals surface area (Å²) in [6.45, 7) is 9.84. The van der Waals surface area contributed by atoms with E-state index in [0.717, 1.165) is 18.4 Å². The van der Waals surface area contributed by atoms with E-state index in [-0.39, 0.29) is 36.6 Å². The van der Waals surface area contributed by atoms with Crippen LogP contribution < -0.4 is 15.4 Å². The average molecular weight is 553 g/mol. The second-order valence-corrected chi connectivity index (χ2v) is 9.98. The van der Waals surface area contributed by atoms with E-state index >= 15 is 0 Å². The molecule has 0 bridgehead atoms. The molecule has 2 heterocycles. The summed E-state index contributed by atoms with van der Waals surface area (Å²) >= 11 is 0. The fraction of sp³-hybridized carbons (Fsp3) is 0.484. The lowest BCUT2D eigenvalue weighted by atomic mass is 9.73. The Morgan fingerprint density at radius 1 is 0.750 bits per heavy atom. The maximum absolute atomic E-state index is 12.1. The van der Waals surface area contributed by atoms with Crippen LogP contribution in [0.4, 0.5) is 0 Å². The Morgan fingerprint density at radius 2 is 1.27 bits per heavy atom. The van der Waals surface area contributed by atoms with Gasteiger partial charge >= 0.3 is 11.9 Å². The number of rotatable bonds is 11. The second kappa shape index (κ2) is 13.5. The van der Waals surface area contributed by atoms with Crippen molar-refractivity contribution in [3.8, 4) is 5.75 Å². The zero-order chi connectivity index (χ0) is 29.3. The highest BCUT2D eigenvalue weighted by Gasteiger charge is 2.55. The van der Waals surface area contributed by atoms with Crippen molar-refractivity contribution >= 4 is 23.8 Å². The van der Waals surface area contributed by atoms with E-state index in [1.54, 1.807) is 31.2 Å². The van der Waals surface area contributed by atoms with Crippen molar-refractivity contribution in [2.24, 2.45) is 10.8 Å². The molecule has 0 aliphatic carbocycles. The second-order valence-electron chi connectivity index (χ2n) is 9.98. The number of carbonyl (C=O) groups excluding carboxylic acids is 4. The summed E-state index contributed by atoms with van der Waals surface area (Å²) in [4.78, 5) is 46.5. The van der Waals surface area contributed by atoms with E-state index in [1.165, 1.54) is 0 Å². The predicted molar refractivity (Wildman–Crippen MR) is 149 cm³/mol. The third kappa shape index (κ3) is 6.29. The van der Waals surface area contributed by atoms with Gasteiger partial charge in [-0.05, 0) is 55.5 Å². The number of hydrogen-bond donors (Lipinski definition) is 2. The van der Waals surface area contributed by atoms with Crippen LogP contribution in [0.25, 0.3) is 0 Å². The van der Waals surface area contributed by atoms with Gasteiger partial charge in [0.1, 0.15) is 23.2 Å². The molecule has 0 aromatic heterocycles. The van der Waals surface area contributed by atoms with Crippen molar-refractivity contribution in [1.82, 2.24) is 10.6 Å². The van der Waals surface area contributed by atoms with Crippen LogP contribution in [0.5, 0.6) is 5.75 Å². The molecule has 4 rings (SSSR count). The summed E-state index contributed by atoms with van der Waals surface area (Å²) < 4.78 is 16.3. The molecule has 2 aromatic rings. The monoisotopic (exact) mass is 552 g/mol. The number of β-lactam (4-membered cyclic amide) rings is 2. The van der Waals surface area contributed by atoms with E-state index in [2.05, 4.69) is 10.6 Å². The largest absolute Gasteiger partial charge is 0.470 e. The van der Waals surface area contributed by atoms with Gasteiger partial charge in [-0.2, -0.15) is 0 Å². The first-order chi connectivity index (χ1) is 19.2. The first kappa shape index (κ1) is 30.7. The number of ether oxygens (including phenoxy) is 3.